The van der Waals surface area contributed by atoms with Crippen molar-refractivity contribution in [2.75, 3.05) is 0 Å². The Morgan fingerprint density at radius 2 is 2.32 bits per heavy atom. The van der Waals surface area contributed by atoms with E-state index in [1.54, 1.807) is 25.3 Å². The van der Waals surface area contributed by atoms with Crippen LogP contribution >= 0.6 is 0 Å². The maximum atomic E-state index is 13.8. The molecule has 2 aromatic heterocycles. The van der Waals surface area contributed by atoms with Crippen LogP contribution < -0.4 is 11.2 Å². The van der Waals surface area contributed by atoms with E-state index in [2.05, 4.69) is 9.97 Å². The highest BCUT2D eigenvalue weighted by atomic mass is 19.1. The number of nitrogens with one attached hydrogen (secondary N) is 1. The third kappa shape index (κ3) is 3.25. The second-order valence-electron chi connectivity index (χ2n) is 4.08. The molecule has 6 heteroatoms. The van der Waals surface area contributed by atoms with Gasteiger partial charge >= 0.3 is 5.69 Å². The molecule has 98 valence electrons. The number of rotatable bonds is 3. The van der Waals surface area contributed by atoms with E-state index >= 15 is 0 Å². The monoisotopic (exact) mass is 261 g/mol. The van der Waals surface area contributed by atoms with Gasteiger partial charge in [-0.25, -0.2) is 9.18 Å². The number of aromatic nitrogens is 3. The van der Waals surface area contributed by atoms with Gasteiger partial charge in [0.2, 0.25) is 0 Å². The zero-order valence-corrected chi connectivity index (χ0v) is 10.3. The average Bonchev–Trinajstić information content (AvgIpc) is 2.37. The van der Waals surface area contributed by atoms with Crippen molar-refractivity contribution in [3.05, 3.63) is 68.5 Å². The number of hydrogen-bond donors (Lipinski definition) is 1. The minimum Gasteiger partial charge on any atom is -0.294 e. The van der Waals surface area contributed by atoms with Gasteiger partial charge in [-0.1, -0.05) is 6.07 Å². The van der Waals surface area contributed by atoms with Crippen LogP contribution in [-0.4, -0.2) is 14.5 Å². The van der Waals surface area contributed by atoms with Gasteiger partial charge in [0.05, 0.1) is 6.54 Å². The second-order valence-corrected chi connectivity index (χ2v) is 4.08. The molecule has 0 fully saturated rings. The SMILES string of the molecule is Cc1cn(C/C(F)=C/c2cccnc2)c(=O)[nH]c1=O. The normalized spacial score (nSPS) is 11.6. The number of nitrogens with zero attached hydrogens (tertiary/aromatic N) is 2. The molecule has 0 aromatic carbocycles. The van der Waals surface area contributed by atoms with E-state index in [-0.39, 0.29) is 6.54 Å². The summed E-state index contributed by atoms with van der Waals surface area (Å²) in [6, 6.07) is 3.39. The lowest BCUT2D eigenvalue weighted by molar-refractivity contribution is 0.546. The Morgan fingerprint density at radius 1 is 1.53 bits per heavy atom. The molecule has 0 aliphatic heterocycles. The van der Waals surface area contributed by atoms with Crippen molar-refractivity contribution in [2.45, 2.75) is 13.5 Å². The second kappa shape index (κ2) is 5.43. The maximum absolute atomic E-state index is 13.8. The summed E-state index contributed by atoms with van der Waals surface area (Å²) >= 11 is 0. The molecule has 2 aromatic rings. The van der Waals surface area contributed by atoms with Gasteiger partial charge in [-0.15, -0.1) is 0 Å². The lowest BCUT2D eigenvalue weighted by Crippen LogP contribution is -2.30. The number of aryl methyl sites for hydroxylation is 1. The van der Waals surface area contributed by atoms with Crippen molar-refractivity contribution < 1.29 is 4.39 Å². The largest absolute Gasteiger partial charge is 0.328 e. The standard InChI is InChI=1S/C13H12FN3O2/c1-9-7-17(13(19)16-12(9)18)8-11(14)5-10-3-2-4-15-6-10/h2-7H,8H2,1H3,(H,16,18,19)/b11-5-. The molecule has 0 saturated carbocycles. The smallest absolute Gasteiger partial charge is 0.294 e. The van der Waals surface area contributed by atoms with E-state index in [0.717, 1.165) is 4.57 Å². The van der Waals surface area contributed by atoms with Crippen molar-refractivity contribution in [3.63, 3.8) is 0 Å². The predicted octanol–water partition coefficient (Wildman–Crippen LogP) is 1.25. The van der Waals surface area contributed by atoms with Crippen LogP contribution in [0.25, 0.3) is 6.08 Å². The number of allylic oxidation sites excluding steroid dienone is 1. The van der Waals surface area contributed by atoms with Crippen LogP contribution in [0.5, 0.6) is 0 Å². The molecule has 5 nitrogen and oxygen atoms in total. The van der Waals surface area contributed by atoms with Crippen LogP contribution in [-0.2, 0) is 6.54 Å². The molecule has 2 rings (SSSR count). The first-order chi connectivity index (χ1) is 9.06. The molecule has 0 amide bonds. The highest BCUT2D eigenvalue weighted by Gasteiger charge is 2.03. The van der Waals surface area contributed by atoms with Crippen molar-refractivity contribution in [1.82, 2.24) is 14.5 Å². The van der Waals surface area contributed by atoms with Crippen molar-refractivity contribution in [3.8, 4) is 0 Å². The van der Waals surface area contributed by atoms with Gasteiger partial charge in [-0.3, -0.25) is 19.3 Å². The average molecular weight is 261 g/mol. The lowest BCUT2D eigenvalue weighted by Gasteiger charge is -2.04. The van der Waals surface area contributed by atoms with Gasteiger partial charge < -0.3 is 0 Å². The van der Waals surface area contributed by atoms with Gasteiger partial charge in [0.15, 0.2) is 0 Å². The zero-order valence-electron chi connectivity index (χ0n) is 10.3. The number of halogens is 1. The molecule has 19 heavy (non-hydrogen) atoms. The first kappa shape index (κ1) is 12.9. The molecule has 0 aliphatic carbocycles. The van der Waals surface area contributed by atoms with E-state index in [1.165, 1.54) is 18.5 Å². The minimum atomic E-state index is -0.634. The number of H-pyrrole nitrogens is 1. The third-order valence-corrected chi connectivity index (χ3v) is 2.52. The van der Waals surface area contributed by atoms with E-state index in [9.17, 15) is 14.0 Å². The summed E-state index contributed by atoms with van der Waals surface area (Å²) in [4.78, 5) is 28.6. The van der Waals surface area contributed by atoms with Gasteiger partial charge in [0.25, 0.3) is 5.56 Å². The first-order valence-electron chi connectivity index (χ1n) is 5.63. The Balaban J connectivity index is 2.27. The Kier molecular flexibility index (Phi) is 3.70. The third-order valence-electron chi connectivity index (χ3n) is 2.52. The summed E-state index contributed by atoms with van der Waals surface area (Å²) in [6.07, 6.45) is 5.73. The van der Waals surface area contributed by atoms with Crippen LogP contribution in [0.1, 0.15) is 11.1 Å². The molecule has 0 atom stereocenters. The van der Waals surface area contributed by atoms with Gasteiger partial charge in [0, 0.05) is 24.2 Å². The first-order valence-corrected chi connectivity index (χ1v) is 5.63. The fourth-order valence-corrected chi connectivity index (χ4v) is 1.59. The fourth-order valence-electron chi connectivity index (χ4n) is 1.59. The van der Waals surface area contributed by atoms with Crippen molar-refractivity contribution in [2.24, 2.45) is 0 Å². The maximum Gasteiger partial charge on any atom is 0.328 e. The summed E-state index contributed by atoms with van der Waals surface area (Å²) in [5.74, 6) is -0.499. The molecule has 0 saturated heterocycles. The topological polar surface area (TPSA) is 67.8 Å². The summed E-state index contributed by atoms with van der Waals surface area (Å²) < 4.78 is 14.9. The summed E-state index contributed by atoms with van der Waals surface area (Å²) in [6.45, 7) is 1.32. The molecular weight excluding hydrogens is 249 g/mol. The Morgan fingerprint density at radius 3 is 3.00 bits per heavy atom. The van der Waals surface area contributed by atoms with E-state index < -0.39 is 17.1 Å². The Labute approximate surface area is 108 Å². The molecular formula is C13H12FN3O2. The minimum absolute atomic E-state index is 0.231. The Bertz CT molecular complexity index is 717. The number of pyridine rings is 1. The van der Waals surface area contributed by atoms with E-state index in [1.807, 2.05) is 0 Å². The molecule has 0 radical (unpaired) electrons. The highest BCUT2D eigenvalue weighted by Crippen LogP contribution is 2.07. The summed E-state index contributed by atoms with van der Waals surface area (Å²) in [5, 5.41) is 0. The molecule has 1 N–H and O–H groups in total. The van der Waals surface area contributed by atoms with Gasteiger partial charge in [0.1, 0.15) is 5.83 Å². The number of aromatic amines is 1. The molecule has 2 heterocycles. The van der Waals surface area contributed by atoms with E-state index in [4.69, 9.17) is 0 Å². The molecule has 0 spiro atoms. The predicted molar refractivity (Wildman–Crippen MR) is 69.4 cm³/mol. The molecule has 0 aliphatic rings. The van der Waals surface area contributed by atoms with Crippen LogP contribution in [0.15, 0.2) is 46.1 Å². The summed E-state index contributed by atoms with van der Waals surface area (Å²) in [7, 11) is 0. The van der Waals surface area contributed by atoms with Crippen molar-refractivity contribution >= 4 is 6.08 Å². The lowest BCUT2D eigenvalue weighted by atomic mass is 10.2. The molecule has 0 unspecified atom stereocenters. The van der Waals surface area contributed by atoms with Crippen LogP contribution in [0.3, 0.4) is 0 Å². The number of hydrogen-bond acceptors (Lipinski definition) is 3. The molecule has 0 bridgehead atoms. The van der Waals surface area contributed by atoms with Gasteiger partial charge in [-0.05, 0) is 24.6 Å². The van der Waals surface area contributed by atoms with E-state index in [0.29, 0.717) is 11.1 Å². The van der Waals surface area contributed by atoms with Crippen LogP contribution in [0, 0.1) is 6.92 Å². The van der Waals surface area contributed by atoms with Crippen LogP contribution in [0.4, 0.5) is 4.39 Å². The van der Waals surface area contributed by atoms with Crippen LogP contribution in [0.2, 0.25) is 0 Å². The van der Waals surface area contributed by atoms with Crippen molar-refractivity contribution in [1.29, 1.82) is 0 Å². The van der Waals surface area contributed by atoms with Gasteiger partial charge in [-0.2, -0.15) is 0 Å². The summed E-state index contributed by atoms with van der Waals surface area (Å²) in [5.41, 5.74) is -0.133. The zero-order chi connectivity index (χ0) is 13.8. The highest BCUT2D eigenvalue weighted by molar-refractivity contribution is 5.49. The quantitative estimate of drug-likeness (QED) is 0.904. The Hall–Kier alpha value is -2.50. The fraction of sp³-hybridized carbons (Fsp3) is 0.154.